The van der Waals surface area contributed by atoms with E-state index >= 15 is 0 Å². The Morgan fingerprint density at radius 1 is 1.00 bits per heavy atom. The average molecular weight is 332 g/mol. The third-order valence-corrected chi connectivity index (χ3v) is 4.74. The van der Waals surface area contributed by atoms with Gasteiger partial charge in [-0.05, 0) is 32.9 Å². The maximum atomic E-state index is 12.5. The summed E-state index contributed by atoms with van der Waals surface area (Å²) >= 11 is 0. The molecule has 1 aromatic rings. The molecule has 0 radical (unpaired) electrons. The zero-order chi connectivity index (χ0) is 15.6. The molecule has 0 spiro atoms. The fraction of sp³-hybridized carbons (Fsp3) is 0.474. The maximum Gasteiger partial charge on any atom is 0.178 e. The van der Waals surface area contributed by atoms with E-state index < -0.39 is 5.41 Å². The molecular formula is C19H22ClNO2. The lowest BCUT2D eigenvalue weighted by Gasteiger charge is -2.24. The van der Waals surface area contributed by atoms with Gasteiger partial charge in [-0.3, -0.25) is 14.5 Å². The second-order valence-electron chi connectivity index (χ2n) is 6.40. The van der Waals surface area contributed by atoms with E-state index in [0.29, 0.717) is 17.5 Å². The molecule has 2 aliphatic rings. The zero-order valence-corrected chi connectivity index (χ0v) is 14.2. The number of hydrogen-bond acceptors (Lipinski definition) is 3. The second kappa shape index (κ2) is 7.29. The molecule has 4 heteroatoms. The van der Waals surface area contributed by atoms with Crippen LogP contribution in [0.15, 0.2) is 24.3 Å². The van der Waals surface area contributed by atoms with Gasteiger partial charge in [0.15, 0.2) is 11.6 Å². The van der Waals surface area contributed by atoms with Crippen LogP contribution in [-0.2, 0) is 0 Å². The number of likely N-dealkylation sites (tertiary alicyclic amines) is 1. The number of hydrogen-bond donors (Lipinski definition) is 0. The van der Waals surface area contributed by atoms with E-state index in [1.165, 1.54) is 19.3 Å². The first-order valence-corrected chi connectivity index (χ1v) is 7.99. The summed E-state index contributed by atoms with van der Waals surface area (Å²) in [6.07, 6.45) is 4.10. The largest absolute Gasteiger partial charge is 0.293 e. The van der Waals surface area contributed by atoms with Crippen molar-refractivity contribution in [3.63, 3.8) is 0 Å². The first-order chi connectivity index (χ1) is 10.6. The average Bonchev–Trinajstić information content (AvgIpc) is 2.75. The summed E-state index contributed by atoms with van der Waals surface area (Å²) in [6, 6.07) is 7.08. The van der Waals surface area contributed by atoms with Crippen molar-refractivity contribution in [2.45, 2.75) is 32.6 Å². The zero-order valence-electron chi connectivity index (χ0n) is 13.4. The summed E-state index contributed by atoms with van der Waals surface area (Å²) in [4.78, 5) is 27.4. The van der Waals surface area contributed by atoms with Crippen LogP contribution in [0.2, 0.25) is 0 Å². The predicted octanol–water partition coefficient (Wildman–Crippen LogP) is 3.37. The lowest BCUT2D eigenvalue weighted by atomic mass is 9.82. The van der Waals surface area contributed by atoms with Gasteiger partial charge in [-0.2, -0.15) is 0 Å². The minimum atomic E-state index is -1.00. The van der Waals surface area contributed by atoms with Gasteiger partial charge in [0.1, 0.15) is 5.41 Å². The Kier molecular flexibility index (Phi) is 5.62. The van der Waals surface area contributed by atoms with Gasteiger partial charge in [-0.25, -0.2) is 0 Å². The molecule has 0 aromatic heterocycles. The van der Waals surface area contributed by atoms with Gasteiger partial charge in [0.05, 0.1) is 6.54 Å². The molecule has 1 fully saturated rings. The summed E-state index contributed by atoms with van der Waals surface area (Å²) in [5.41, 5.74) is 0.0964. The number of Topliss-reactive ketones (excluding diaryl/α,β-unsaturated/α-hetero) is 2. The first-order valence-electron chi connectivity index (χ1n) is 7.99. The number of piperidine rings is 1. The number of carbonyl (C=O) groups is 2. The molecule has 0 amide bonds. The van der Waals surface area contributed by atoms with E-state index in [1.807, 2.05) is 0 Å². The number of carbonyl (C=O) groups excluding carboxylic acids is 2. The normalized spacial score (nSPS) is 19.5. The number of fused-ring (bicyclic) bond motifs is 1. The highest BCUT2D eigenvalue weighted by molar-refractivity contribution is 6.29. The van der Waals surface area contributed by atoms with Gasteiger partial charge >= 0.3 is 0 Å². The topological polar surface area (TPSA) is 37.4 Å². The van der Waals surface area contributed by atoms with Crippen LogP contribution < -0.4 is 0 Å². The van der Waals surface area contributed by atoms with Crippen LogP contribution in [0.25, 0.3) is 0 Å². The lowest BCUT2D eigenvalue weighted by molar-refractivity contribution is 0.0728. The Balaban J connectivity index is 0.00000192. The molecule has 1 aliphatic heterocycles. The van der Waals surface area contributed by atoms with Crippen LogP contribution in [0, 0.1) is 17.3 Å². The fourth-order valence-corrected chi connectivity index (χ4v) is 3.26. The quantitative estimate of drug-likeness (QED) is 0.616. The first kappa shape index (κ1) is 17.7. The van der Waals surface area contributed by atoms with Crippen molar-refractivity contribution in [2.24, 2.45) is 5.41 Å². The van der Waals surface area contributed by atoms with E-state index in [9.17, 15) is 9.59 Å². The number of rotatable bonds is 2. The minimum absolute atomic E-state index is 0. The van der Waals surface area contributed by atoms with Gasteiger partial charge in [0, 0.05) is 17.5 Å². The summed E-state index contributed by atoms with van der Waals surface area (Å²) in [6.45, 7) is 4.68. The number of nitrogens with zero attached hydrogens (tertiary/aromatic N) is 1. The Hall–Kier alpha value is -1.63. The molecule has 1 aliphatic carbocycles. The van der Waals surface area contributed by atoms with Crippen molar-refractivity contribution in [2.75, 3.05) is 19.6 Å². The van der Waals surface area contributed by atoms with Crippen molar-refractivity contribution >= 4 is 24.0 Å². The molecule has 1 aromatic carbocycles. The highest BCUT2D eigenvalue weighted by Crippen LogP contribution is 2.38. The number of ketones is 2. The molecule has 0 unspecified atom stereocenters. The summed E-state index contributed by atoms with van der Waals surface area (Å²) in [7, 11) is 0. The monoisotopic (exact) mass is 331 g/mol. The molecule has 0 bridgehead atoms. The lowest BCUT2D eigenvalue weighted by Crippen LogP contribution is -2.30. The molecule has 0 atom stereocenters. The summed E-state index contributed by atoms with van der Waals surface area (Å²) in [5.74, 6) is 6.06. The van der Waals surface area contributed by atoms with Crippen molar-refractivity contribution < 1.29 is 9.59 Å². The van der Waals surface area contributed by atoms with Crippen LogP contribution in [0.1, 0.15) is 53.3 Å². The van der Waals surface area contributed by atoms with Crippen LogP contribution in [0.5, 0.6) is 0 Å². The maximum absolute atomic E-state index is 12.5. The second-order valence-corrected chi connectivity index (χ2v) is 6.40. The smallest absolute Gasteiger partial charge is 0.178 e. The van der Waals surface area contributed by atoms with Crippen LogP contribution in [-0.4, -0.2) is 36.1 Å². The van der Waals surface area contributed by atoms with Gasteiger partial charge in [-0.1, -0.05) is 36.6 Å². The third-order valence-electron chi connectivity index (χ3n) is 4.74. The molecule has 23 heavy (non-hydrogen) atoms. The van der Waals surface area contributed by atoms with Crippen LogP contribution >= 0.6 is 12.4 Å². The van der Waals surface area contributed by atoms with E-state index in [2.05, 4.69) is 16.7 Å². The van der Waals surface area contributed by atoms with Crippen molar-refractivity contribution in [3.05, 3.63) is 35.4 Å². The Morgan fingerprint density at radius 2 is 1.57 bits per heavy atom. The van der Waals surface area contributed by atoms with Gasteiger partial charge < -0.3 is 0 Å². The highest BCUT2D eigenvalue weighted by atomic mass is 35.5. The molecule has 1 saturated heterocycles. The van der Waals surface area contributed by atoms with Gasteiger partial charge in [-0.15, -0.1) is 18.3 Å². The highest BCUT2D eigenvalue weighted by Gasteiger charge is 2.48. The van der Waals surface area contributed by atoms with E-state index in [4.69, 9.17) is 0 Å². The Labute approximate surface area is 143 Å². The van der Waals surface area contributed by atoms with Crippen molar-refractivity contribution in [3.8, 4) is 11.8 Å². The Bertz CT molecular complexity index is 630. The molecule has 3 nitrogen and oxygen atoms in total. The van der Waals surface area contributed by atoms with Crippen LogP contribution in [0.3, 0.4) is 0 Å². The van der Waals surface area contributed by atoms with Crippen LogP contribution in [0.4, 0.5) is 0 Å². The standard InChI is InChI=1S/C19H21NO2.ClH/c1-19(11-5-8-14-20-12-6-2-7-13-20)17(21)15-9-3-4-10-16(15)18(19)22;/h3-4,9-10H,2,6-7,11-14H2,1H3;1H. The molecule has 0 N–H and O–H groups in total. The third kappa shape index (κ3) is 3.34. The Morgan fingerprint density at radius 3 is 2.13 bits per heavy atom. The summed E-state index contributed by atoms with van der Waals surface area (Å²) < 4.78 is 0. The van der Waals surface area contributed by atoms with E-state index in [-0.39, 0.29) is 24.0 Å². The number of benzene rings is 1. The summed E-state index contributed by atoms with van der Waals surface area (Å²) in [5, 5.41) is 0. The van der Waals surface area contributed by atoms with Gasteiger partial charge in [0.25, 0.3) is 0 Å². The minimum Gasteiger partial charge on any atom is -0.293 e. The predicted molar refractivity (Wildman–Crippen MR) is 93.1 cm³/mol. The molecule has 1 heterocycles. The van der Waals surface area contributed by atoms with Crippen molar-refractivity contribution in [1.82, 2.24) is 4.90 Å². The molecular weight excluding hydrogens is 310 g/mol. The molecule has 3 rings (SSSR count). The number of halogens is 1. The van der Waals surface area contributed by atoms with Gasteiger partial charge in [0.2, 0.25) is 0 Å². The molecule has 0 saturated carbocycles. The SMILES string of the molecule is CC1(CC#CCN2CCCCC2)C(=O)c2ccccc2C1=O.Cl. The van der Waals surface area contributed by atoms with E-state index in [0.717, 1.165) is 19.6 Å². The van der Waals surface area contributed by atoms with Crippen molar-refractivity contribution in [1.29, 1.82) is 0 Å². The fourth-order valence-electron chi connectivity index (χ4n) is 3.26. The molecule has 122 valence electrons. The van der Waals surface area contributed by atoms with E-state index in [1.54, 1.807) is 31.2 Å².